The molecule has 0 saturated carbocycles. The molecule has 2 fully saturated rings. The van der Waals surface area contributed by atoms with Gasteiger partial charge >= 0.3 is 0 Å². The summed E-state index contributed by atoms with van der Waals surface area (Å²) < 4.78 is 0. The Kier molecular flexibility index (Phi) is 6.53. The average molecular weight is 467 g/mol. The van der Waals surface area contributed by atoms with E-state index in [-0.39, 0.29) is 23.9 Å². The molecule has 0 aliphatic carbocycles. The summed E-state index contributed by atoms with van der Waals surface area (Å²) in [6.07, 6.45) is 1.87. The lowest BCUT2D eigenvalue weighted by Crippen LogP contribution is -2.73. The van der Waals surface area contributed by atoms with Gasteiger partial charge in [0.05, 0.1) is 11.9 Å². The minimum atomic E-state index is -1.53. The van der Waals surface area contributed by atoms with Gasteiger partial charge in [0, 0.05) is 12.7 Å². The van der Waals surface area contributed by atoms with Crippen molar-refractivity contribution in [2.45, 2.75) is 36.4 Å². The quantitative estimate of drug-likeness (QED) is 0.451. The molecule has 2 aliphatic heterocycles. The number of aliphatic hydroxyl groups is 1. The topological polar surface area (TPSA) is 103 Å². The maximum Gasteiger partial charge on any atom is 0.270 e. The SMILES string of the molecule is C=CCN1C(=O)[C@H]2N(C(=O)[C@@H](O)[C@H](Cc3ccccc3)NC(=O)c3ccccn3)CSC21C. The van der Waals surface area contributed by atoms with Gasteiger partial charge < -0.3 is 20.2 Å². The van der Waals surface area contributed by atoms with Crippen molar-refractivity contribution in [3.63, 3.8) is 0 Å². The minimum Gasteiger partial charge on any atom is -0.381 e. The van der Waals surface area contributed by atoms with Crippen LogP contribution in [0.1, 0.15) is 23.0 Å². The number of thioether (sulfide) groups is 1. The van der Waals surface area contributed by atoms with Gasteiger partial charge in [-0.1, -0.05) is 42.5 Å². The number of likely N-dealkylation sites (tertiary alicyclic amines) is 1. The van der Waals surface area contributed by atoms with Gasteiger partial charge in [0.15, 0.2) is 6.10 Å². The Bertz CT molecular complexity index is 1050. The number of benzene rings is 1. The fraction of sp³-hybridized carbons (Fsp3) is 0.333. The van der Waals surface area contributed by atoms with E-state index in [0.717, 1.165) is 5.56 Å². The van der Waals surface area contributed by atoms with Crippen LogP contribution in [0.25, 0.3) is 0 Å². The first kappa shape index (κ1) is 23.0. The van der Waals surface area contributed by atoms with Crippen LogP contribution < -0.4 is 5.32 Å². The van der Waals surface area contributed by atoms with E-state index >= 15 is 0 Å². The van der Waals surface area contributed by atoms with E-state index in [1.165, 1.54) is 22.9 Å². The second-order valence-electron chi connectivity index (χ2n) is 8.21. The normalized spacial score (nSPS) is 23.3. The molecule has 3 amide bonds. The van der Waals surface area contributed by atoms with Crippen LogP contribution in [0.2, 0.25) is 0 Å². The van der Waals surface area contributed by atoms with E-state index in [4.69, 9.17) is 0 Å². The highest BCUT2D eigenvalue weighted by atomic mass is 32.2. The van der Waals surface area contributed by atoms with Crippen LogP contribution in [0.5, 0.6) is 0 Å². The highest BCUT2D eigenvalue weighted by Gasteiger charge is 2.65. The molecule has 2 aromatic rings. The summed E-state index contributed by atoms with van der Waals surface area (Å²) in [5, 5.41) is 13.9. The van der Waals surface area contributed by atoms with Crippen molar-refractivity contribution in [1.29, 1.82) is 0 Å². The lowest BCUT2D eigenvalue weighted by atomic mass is 9.93. The molecule has 2 aliphatic rings. The molecule has 3 heterocycles. The van der Waals surface area contributed by atoms with Crippen molar-refractivity contribution in [3.8, 4) is 0 Å². The maximum atomic E-state index is 13.3. The predicted octanol–water partition coefficient (Wildman–Crippen LogP) is 1.43. The van der Waals surface area contributed by atoms with Crippen LogP contribution in [0.3, 0.4) is 0 Å². The Hall–Kier alpha value is -3.17. The Balaban J connectivity index is 1.54. The summed E-state index contributed by atoms with van der Waals surface area (Å²) >= 11 is 1.48. The van der Waals surface area contributed by atoms with Gasteiger partial charge in [0.1, 0.15) is 16.6 Å². The van der Waals surface area contributed by atoms with Crippen LogP contribution in [-0.4, -0.2) is 73.1 Å². The number of nitrogens with zero attached hydrogens (tertiary/aromatic N) is 3. The molecule has 0 bridgehead atoms. The summed E-state index contributed by atoms with van der Waals surface area (Å²) in [5.41, 5.74) is 1.04. The van der Waals surface area contributed by atoms with E-state index < -0.39 is 34.9 Å². The molecule has 4 rings (SSSR count). The first-order valence-electron chi connectivity index (χ1n) is 10.7. The number of carbonyl (C=O) groups is 3. The molecular weight excluding hydrogens is 440 g/mol. The minimum absolute atomic E-state index is 0.167. The third kappa shape index (κ3) is 4.26. The molecule has 172 valence electrons. The van der Waals surface area contributed by atoms with Crippen molar-refractivity contribution in [1.82, 2.24) is 20.1 Å². The molecular formula is C24H26N4O4S. The lowest BCUT2D eigenvalue weighted by Gasteiger charge is -2.52. The maximum absolute atomic E-state index is 13.3. The van der Waals surface area contributed by atoms with E-state index in [1.807, 2.05) is 37.3 Å². The van der Waals surface area contributed by atoms with Crippen molar-refractivity contribution >= 4 is 29.5 Å². The Labute approximate surface area is 196 Å². The van der Waals surface area contributed by atoms with Crippen LogP contribution >= 0.6 is 11.8 Å². The zero-order valence-corrected chi connectivity index (χ0v) is 19.1. The number of amides is 3. The largest absolute Gasteiger partial charge is 0.381 e. The van der Waals surface area contributed by atoms with Crippen molar-refractivity contribution in [2.24, 2.45) is 0 Å². The highest BCUT2D eigenvalue weighted by molar-refractivity contribution is 8.01. The first-order valence-corrected chi connectivity index (χ1v) is 11.7. The van der Waals surface area contributed by atoms with Crippen LogP contribution in [0.4, 0.5) is 0 Å². The summed E-state index contributed by atoms with van der Waals surface area (Å²) in [7, 11) is 0. The number of rotatable bonds is 8. The Morgan fingerprint density at radius 1 is 1.30 bits per heavy atom. The predicted molar refractivity (Wildman–Crippen MR) is 125 cm³/mol. The lowest BCUT2D eigenvalue weighted by molar-refractivity contribution is -0.166. The molecule has 1 unspecified atom stereocenters. The van der Waals surface area contributed by atoms with Gasteiger partial charge in [-0.15, -0.1) is 18.3 Å². The van der Waals surface area contributed by atoms with Gasteiger partial charge in [-0.2, -0.15) is 0 Å². The summed E-state index contributed by atoms with van der Waals surface area (Å²) in [5.74, 6) is -0.950. The van der Waals surface area contributed by atoms with Gasteiger partial charge in [0.2, 0.25) is 5.91 Å². The number of pyridine rings is 1. The number of aliphatic hydroxyl groups excluding tert-OH is 1. The molecule has 1 aromatic carbocycles. The van der Waals surface area contributed by atoms with Crippen molar-refractivity contribution < 1.29 is 19.5 Å². The second kappa shape index (κ2) is 9.36. The number of hydrogen-bond donors (Lipinski definition) is 2. The molecule has 1 aromatic heterocycles. The van der Waals surface area contributed by atoms with E-state index in [1.54, 1.807) is 29.2 Å². The molecule has 2 N–H and O–H groups in total. The Morgan fingerprint density at radius 3 is 2.70 bits per heavy atom. The average Bonchev–Trinajstić information content (AvgIpc) is 3.15. The smallest absolute Gasteiger partial charge is 0.270 e. The number of hydrogen-bond acceptors (Lipinski definition) is 6. The van der Waals surface area contributed by atoms with Gasteiger partial charge in [-0.25, -0.2) is 0 Å². The number of aromatic nitrogens is 1. The van der Waals surface area contributed by atoms with Crippen molar-refractivity contribution in [2.75, 3.05) is 12.4 Å². The molecule has 9 heteroatoms. The molecule has 0 radical (unpaired) electrons. The zero-order valence-electron chi connectivity index (χ0n) is 18.3. The first-order chi connectivity index (χ1) is 15.9. The van der Waals surface area contributed by atoms with Gasteiger partial charge in [-0.05, 0) is 31.0 Å². The third-order valence-electron chi connectivity index (χ3n) is 6.09. The number of β-lactam (4-membered cyclic amide) rings is 1. The summed E-state index contributed by atoms with van der Waals surface area (Å²) in [6, 6.07) is 12.7. The second-order valence-corrected chi connectivity index (χ2v) is 9.58. The molecule has 33 heavy (non-hydrogen) atoms. The standard InChI is InChI=1S/C24H26N4O4S/c1-3-13-28-23(32)20-24(28,2)33-15-27(20)22(31)19(29)18(14-16-9-5-4-6-10-16)26-21(30)17-11-7-8-12-25-17/h3-12,18-20,29H,1,13-15H2,2H3,(H,26,30)/t18-,19-,20+,24?/m0/s1. The highest BCUT2D eigenvalue weighted by Crippen LogP contribution is 2.50. The van der Waals surface area contributed by atoms with E-state index in [0.29, 0.717) is 6.54 Å². The number of carbonyl (C=O) groups excluding carboxylic acids is 3. The zero-order chi connectivity index (χ0) is 23.6. The Morgan fingerprint density at radius 2 is 2.03 bits per heavy atom. The van der Waals surface area contributed by atoms with E-state index in [9.17, 15) is 19.5 Å². The van der Waals surface area contributed by atoms with Crippen molar-refractivity contribution in [3.05, 3.63) is 78.6 Å². The fourth-order valence-electron chi connectivity index (χ4n) is 4.31. The van der Waals surface area contributed by atoms with E-state index in [2.05, 4.69) is 16.9 Å². The molecule has 2 saturated heterocycles. The number of fused-ring (bicyclic) bond motifs is 1. The molecule has 0 spiro atoms. The number of nitrogens with one attached hydrogen (secondary N) is 1. The third-order valence-corrected chi connectivity index (χ3v) is 7.53. The monoisotopic (exact) mass is 466 g/mol. The molecule has 8 nitrogen and oxygen atoms in total. The van der Waals surface area contributed by atoms with Gasteiger partial charge in [-0.3, -0.25) is 19.4 Å². The summed E-state index contributed by atoms with van der Waals surface area (Å²) in [4.78, 5) is 45.4. The fourth-order valence-corrected chi connectivity index (χ4v) is 5.70. The van der Waals surface area contributed by atoms with Gasteiger partial charge in [0.25, 0.3) is 11.8 Å². The van der Waals surface area contributed by atoms with Crippen LogP contribution in [-0.2, 0) is 16.0 Å². The molecule has 4 atom stereocenters. The summed E-state index contributed by atoms with van der Waals surface area (Å²) in [6.45, 7) is 6.01. The van der Waals surface area contributed by atoms with Crippen LogP contribution in [0.15, 0.2) is 67.4 Å². The van der Waals surface area contributed by atoms with Crippen LogP contribution in [0, 0.1) is 0 Å².